The Morgan fingerprint density at radius 3 is 2.64 bits per heavy atom. The molecular weight excluding hydrogens is 138 g/mol. The van der Waals surface area contributed by atoms with Gasteiger partial charge < -0.3 is 5.32 Å². The van der Waals surface area contributed by atoms with Crippen LogP contribution in [0, 0.1) is 5.92 Å². The quantitative estimate of drug-likeness (QED) is 0.649. The molecule has 0 amide bonds. The molecule has 1 aliphatic rings. The Balaban J connectivity index is 2.26. The second-order valence-corrected chi connectivity index (χ2v) is 3.38. The van der Waals surface area contributed by atoms with Gasteiger partial charge in [0.25, 0.3) is 0 Å². The summed E-state index contributed by atoms with van der Waals surface area (Å²) in [5.74, 6) is 0.958. The first-order chi connectivity index (χ1) is 5.25. The summed E-state index contributed by atoms with van der Waals surface area (Å²) in [5.41, 5.74) is 0. The monoisotopic (exact) mass is 155 g/mol. The van der Waals surface area contributed by atoms with Gasteiger partial charge in [0.05, 0.1) is 6.04 Å². The smallest absolute Gasteiger partial charge is 0.146 e. The molecule has 64 valence electrons. The van der Waals surface area contributed by atoms with Crippen molar-refractivity contribution < 1.29 is 4.79 Å². The average molecular weight is 155 g/mol. The van der Waals surface area contributed by atoms with Gasteiger partial charge in [0.2, 0.25) is 0 Å². The normalized spacial score (nSPS) is 19.8. The predicted molar refractivity (Wildman–Crippen MR) is 45.5 cm³/mol. The lowest BCUT2D eigenvalue weighted by atomic mass is 10.1. The molecule has 0 aromatic rings. The van der Waals surface area contributed by atoms with Gasteiger partial charge in [-0.25, -0.2) is 0 Å². The van der Waals surface area contributed by atoms with E-state index in [1.165, 1.54) is 12.8 Å². The van der Waals surface area contributed by atoms with Gasteiger partial charge >= 0.3 is 0 Å². The summed E-state index contributed by atoms with van der Waals surface area (Å²) in [4.78, 5) is 11.1. The maximum Gasteiger partial charge on any atom is 0.146 e. The number of Topliss-reactive ketones (excluding diaryl/α,β-unsaturated/α-hetero) is 1. The summed E-state index contributed by atoms with van der Waals surface area (Å²) >= 11 is 0. The van der Waals surface area contributed by atoms with Crippen molar-refractivity contribution in [3.05, 3.63) is 0 Å². The number of hydrogen-bond acceptors (Lipinski definition) is 2. The molecule has 1 saturated carbocycles. The van der Waals surface area contributed by atoms with Crippen LogP contribution in [0.5, 0.6) is 0 Å². The average Bonchev–Trinajstić information content (AvgIpc) is 2.71. The molecule has 1 atom stereocenters. The number of carbonyl (C=O) groups excluding carboxylic acids is 1. The third-order valence-electron chi connectivity index (χ3n) is 2.15. The molecule has 2 nitrogen and oxygen atoms in total. The van der Waals surface area contributed by atoms with Crippen LogP contribution in [0.25, 0.3) is 0 Å². The summed E-state index contributed by atoms with van der Waals surface area (Å²) in [6.07, 6.45) is 3.58. The molecule has 0 heterocycles. The lowest BCUT2D eigenvalue weighted by Crippen LogP contribution is -2.37. The van der Waals surface area contributed by atoms with Gasteiger partial charge in [0, 0.05) is 0 Å². The van der Waals surface area contributed by atoms with Gasteiger partial charge in [-0.2, -0.15) is 0 Å². The van der Waals surface area contributed by atoms with Gasteiger partial charge in [0.1, 0.15) is 5.78 Å². The van der Waals surface area contributed by atoms with Gasteiger partial charge in [-0.1, -0.05) is 6.92 Å². The Bertz CT molecular complexity index is 140. The van der Waals surface area contributed by atoms with E-state index >= 15 is 0 Å². The van der Waals surface area contributed by atoms with Crippen molar-refractivity contribution in [1.29, 1.82) is 0 Å². The summed E-state index contributed by atoms with van der Waals surface area (Å²) in [5, 5.41) is 3.28. The molecule has 0 bridgehead atoms. The van der Waals surface area contributed by atoms with E-state index < -0.39 is 0 Å². The van der Waals surface area contributed by atoms with Gasteiger partial charge in [-0.05, 0) is 38.6 Å². The fraction of sp³-hybridized carbons (Fsp3) is 0.889. The fourth-order valence-electron chi connectivity index (χ4n) is 1.37. The van der Waals surface area contributed by atoms with Gasteiger partial charge in [0.15, 0.2) is 0 Å². The standard InChI is InChI=1S/C9H17NO/c1-3-6-10-9(7(2)11)8-4-5-8/h8-10H,3-6H2,1-2H3. The molecule has 0 spiro atoms. The highest BCUT2D eigenvalue weighted by atomic mass is 16.1. The van der Waals surface area contributed by atoms with Crippen LogP contribution in [0.4, 0.5) is 0 Å². The van der Waals surface area contributed by atoms with Crippen LogP contribution in [0.2, 0.25) is 0 Å². The highest BCUT2D eigenvalue weighted by molar-refractivity contribution is 5.82. The van der Waals surface area contributed by atoms with Crippen LogP contribution >= 0.6 is 0 Å². The number of hydrogen-bond donors (Lipinski definition) is 1. The van der Waals surface area contributed by atoms with E-state index in [4.69, 9.17) is 0 Å². The zero-order valence-electron chi connectivity index (χ0n) is 7.39. The van der Waals surface area contributed by atoms with Crippen molar-refractivity contribution in [2.45, 2.75) is 39.2 Å². The topological polar surface area (TPSA) is 29.1 Å². The molecule has 1 rings (SSSR count). The van der Waals surface area contributed by atoms with Crippen LogP contribution < -0.4 is 5.32 Å². The lowest BCUT2D eigenvalue weighted by molar-refractivity contribution is -0.119. The summed E-state index contributed by atoms with van der Waals surface area (Å²) < 4.78 is 0. The highest BCUT2D eigenvalue weighted by Crippen LogP contribution is 2.32. The molecule has 0 aromatic carbocycles. The van der Waals surface area contributed by atoms with Gasteiger partial charge in [-0.3, -0.25) is 4.79 Å². The molecule has 1 unspecified atom stereocenters. The Labute approximate surface area is 68.4 Å². The first-order valence-electron chi connectivity index (χ1n) is 4.49. The first-order valence-corrected chi connectivity index (χ1v) is 4.49. The van der Waals surface area contributed by atoms with Crippen molar-refractivity contribution in [2.24, 2.45) is 5.92 Å². The predicted octanol–water partition coefficient (Wildman–Crippen LogP) is 1.35. The van der Waals surface area contributed by atoms with Crippen molar-refractivity contribution in [3.8, 4) is 0 Å². The zero-order chi connectivity index (χ0) is 8.27. The number of nitrogens with one attached hydrogen (secondary N) is 1. The van der Waals surface area contributed by atoms with E-state index in [0.29, 0.717) is 11.7 Å². The van der Waals surface area contributed by atoms with Crippen LogP contribution in [0.1, 0.15) is 33.1 Å². The summed E-state index contributed by atoms with van der Waals surface area (Å²) in [6.45, 7) is 4.78. The minimum Gasteiger partial charge on any atom is -0.307 e. The van der Waals surface area contributed by atoms with E-state index in [-0.39, 0.29) is 6.04 Å². The molecule has 0 aliphatic heterocycles. The molecule has 1 fully saturated rings. The lowest BCUT2D eigenvalue weighted by Gasteiger charge is -2.13. The fourth-order valence-corrected chi connectivity index (χ4v) is 1.37. The highest BCUT2D eigenvalue weighted by Gasteiger charge is 2.33. The second kappa shape index (κ2) is 3.86. The van der Waals surface area contributed by atoms with Crippen LogP contribution in [-0.2, 0) is 4.79 Å². The third-order valence-corrected chi connectivity index (χ3v) is 2.15. The van der Waals surface area contributed by atoms with E-state index in [1.807, 2.05) is 0 Å². The van der Waals surface area contributed by atoms with E-state index in [9.17, 15) is 4.79 Å². The number of rotatable bonds is 5. The minimum atomic E-state index is 0.162. The van der Waals surface area contributed by atoms with Crippen molar-refractivity contribution >= 4 is 5.78 Å². The number of carbonyl (C=O) groups is 1. The Kier molecular flexibility index (Phi) is 3.06. The maximum atomic E-state index is 11.1. The Morgan fingerprint density at radius 2 is 2.27 bits per heavy atom. The van der Waals surface area contributed by atoms with Crippen molar-refractivity contribution in [3.63, 3.8) is 0 Å². The Morgan fingerprint density at radius 1 is 1.64 bits per heavy atom. The van der Waals surface area contributed by atoms with E-state index in [2.05, 4.69) is 12.2 Å². The molecule has 0 aromatic heterocycles. The third kappa shape index (κ3) is 2.62. The molecular formula is C9H17NO. The van der Waals surface area contributed by atoms with Crippen molar-refractivity contribution in [2.75, 3.05) is 6.54 Å². The molecule has 2 heteroatoms. The largest absolute Gasteiger partial charge is 0.307 e. The van der Waals surface area contributed by atoms with E-state index in [0.717, 1.165) is 13.0 Å². The molecule has 1 N–H and O–H groups in total. The molecule has 0 saturated heterocycles. The SMILES string of the molecule is CCCNC(C(C)=O)C1CC1. The van der Waals surface area contributed by atoms with Crippen LogP contribution in [0.15, 0.2) is 0 Å². The second-order valence-electron chi connectivity index (χ2n) is 3.38. The molecule has 0 radical (unpaired) electrons. The first kappa shape index (κ1) is 8.72. The summed E-state index contributed by atoms with van der Waals surface area (Å²) in [7, 11) is 0. The van der Waals surface area contributed by atoms with Gasteiger partial charge in [-0.15, -0.1) is 0 Å². The van der Waals surface area contributed by atoms with Crippen LogP contribution in [-0.4, -0.2) is 18.4 Å². The van der Waals surface area contributed by atoms with Crippen molar-refractivity contribution in [1.82, 2.24) is 5.32 Å². The van der Waals surface area contributed by atoms with Crippen LogP contribution in [0.3, 0.4) is 0 Å². The minimum absolute atomic E-state index is 0.162. The zero-order valence-corrected chi connectivity index (χ0v) is 7.39. The molecule has 1 aliphatic carbocycles. The van der Waals surface area contributed by atoms with E-state index in [1.54, 1.807) is 6.92 Å². The molecule has 11 heavy (non-hydrogen) atoms. The Hall–Kier alpha value is -0.370. The maximum absolute atomic E-state index is 11.1. The number of ketones is 1. The summed E-state index contributed by atoms with van der Waals surface area (Å²) in [6, 6.07) is 0.162.